The number of nitrogen functional groups attached to an aromatic ring is 1. The van der Waals surface area contributed by atoms with Gasteiger partial charge in [0.2, 0.25) is 0 Å². The van der Waals surface area contributed by atoms with E-state index in [9.17, 15) is 9.18 Å². The van der Waals surface area contributed by atoms with Gasteiger partial charge < -0.3 is 10.5 Å². The Morgan fingerprint density at radius 1 is 1.52 bits per heavy atom. The van der Waals surface area contributed by atoms with Gasteiger partial charge in [-0.15, -0.1) is 0 Å². The smallest absolute Gasteiger partial charge is 0.359 e. The van der Waals surface area contributed by atoms with Crippen molar-refractivity contribution in [2.24, 2.45) is 7.05 Å². The molecule has 0 atom stereocenters. The lowest BCUT2D eigenvalue weighted by molar-refractivity contribution is 0.0457. The number of esters is 1. The summed E-state index contributed by atoms with van der Waals surface area (Å²) in [5.41, 5.74) is 7.04. The number of hydrogen-bond acceptors (Lipinski definition) is 4. The van der Waals surface area contributed by atoms with Crippen molar-refractivity contribution in [3.63, 3.8) is 0 Å². The standard InChI is InChI=1S/C14H15ClFN3O2/c1-3-11-12(17)13(19(2)18-11)14(20)21-7-8-9(15)5-4-6-10(8)16/h4-6H,3,7,17H2,1-2H3. The van der Waals surface area contributed by atoms with E-state index in [0.717, 1.165) is 0 Å². The van der Waals surface area contributed by atoms with E-state index in [0.29, 0.717) is 12.1 Å². The van der Waals surface area contributed by atoms with Gasteiger partial charge in [-0.1, -0.05) is 24.6 Å². The highest BCUT2D eigenvalue weighted by molar-refractivity contribution is 6.31. The number of rotatable bonds is 4. The van der Waals surface area contributed by atoms with E-state index < -0.39 is 11.8 Å². The van der Waals surface area contributed by atoms with Gasteiger partial charge >= 0.3 is 5.97 Å². The van der Waals surface area contributed by atoms with Crippen molar-refractivity contribution in [2.45, 2.75) is 20.0 Å². The maximum Gasteiger partial charge on any atom is 0.359 e. The Balaban J connectivity index is 2.18. The molecule has 0 bridgehead atoms. The maximum atomic E-state index is 13.6. The molecule has 0 spiro atoms. The topological polar surface area (TPSA) is 70.1 Å². The van der Waals surface area contributed by atoms with E-state index in [1.165, 1.54) is 22.9 Å². The van der Waals surface area contributed by atoms with Crippen molar-refractivity contribution < 1.29 is 13.9 Å². The predicted molar refractivity (Wildman–Crippen MR) is 77.5 cm³/mol. The van der Waals surface area contributed by atoms with Crippen LogP contribution in [-0.4, -0.2) is 15.7 Å². The minimum absolute atomic E-state index is 0.129. The van der Waals surface area contributed by atoms with Crippen LogP contribution in [0.3, 0.4) is 0 Å². The molecule has 0 saturated heterocycles. The highest BCUT2D eigenvalue weighted by Gasteiger charge is 2.21. The molecule has 0 aliphatic heterocycles. The van der Waals surface area contributed by atoms with Gasteiger partial charge in [-0.25, -0.2) is 9.18 Å². The van der Waals surface area contributed by atoms with Gasteiger partial charge in [-0.2, -0.15) is 5.10 Å². The van der Waals surface area contributed by atoms with Crippen molar-refractivity contribution in [1.29, 1.82) is 0 Å². The highest BCUT2D eigenvalue weighted by Crippen LogP contribution is 2.22. The fraction of sp³-hybridized carbons (Fsp3) is 0.286. The molecule has 112 valence electrons. The fourth-order valence-electron chi connectivity index (χ4n) is 1.98. The van der Waals surface area contributed by atoms with Crippen LogP contribution in [0.15, 0.2) is 18.2 Å². The fourth-order valence-corrected chi connectivity index (χ4v) is 2.19. The Morgan fingerprint density at radius 2 is 2.24 bits per heavy atom. The van der Waals surface area contributed by atoms with Crippen LogP contribution in [0.4, 0.5) is 10.1 Å². The molecule has 21 heavy (non-hydrogen) atoms. The monoisotopic (exact) mass is 311 g/mol. The third-order valence-electron chi connectivity index (χ3n) is 3.10. The Hall–Kier alpha value is -2.08. The summed E-state index contributed by atoms with van der Waals surface area (Å²) in [6, 6.07) is 4.26. The summed E-state index contributed by atoms with van der Waals surface area (Å²) in [5.74, 6) is -1.19. The Labute approximate surface area is 126 Å². The van der Waals surface area contributed by atoms with E-state index in [1.54, 1.807) is 7.05 Å². The quantitative estimate of drug-likeness (QED) is 0.881. The number of halogens is 2. The molecule has 2 aromatic rings. The number of aromatic nitrogens is 2. The number of anilines is 1. The minimum atomic E-state index is -0.665. The third-order valence-corrected chi connectivity index (χ3v) is 3.45. The van der Waals surface area contributed by atoms with Crippen molar-refractivity contribution in [3.05, 3.63) is 46.0 Å². The van der Waals surface area contributed by atoms with E-state index >= 15 is 0 Å². The lowest BCUT2D eigenvalue weighted by atomic mass is 10.2. The molecule has 0 amide bonds. The van der Waals surface area contributed by atoms with Crippen molar-refractivity contribution in [2.75, 3.05) is 5.73 Å². The van der Waals surface area contributed by atoms with Crippen LogP contribution in [0.25, 0.3) is 0 Å². The third kappa shape index (κ3) is 3.00. The Bertz CT molecular complexity index is 665. The molecule has 0 radical (unpaired) electrons. The lowest BCUT2D eigenvalue weighted by Gasteiger charge is -2.08. The Morgan fingerprint density at radius 3 is 2.81 bits per heavy atom. The number of carbonyl (C=O) groups is 1. The normalized spacial score (nSPS) is 10.7. The number of benzene rings is 1. The largest absolute Gasteiger partial charge is 0.456 e. The van der Waals surface area contributed by atoms with E-state index in [2.05, 4.69) is 5.10 Å². The summed E-state index contributed by atoms with van der Waals surface area (Å²) in [6.07, 6.45) is 0.603. The van der Waals surface area contributed by atoms with Crippen molar-refractivity contribution >= 4 is 23.3 Å². The number of nitrogens with zero attached hydrogens (tertiary/aromatic N) is 2. The molecule has 0 aliphatic rings. The number of carbonyl (C=O) groups excluding carboxylic acids is 1. The average Bonchev–Trinajstić information content (AvgIpc) is 2.72. The molecule has 1 heterocycles. The number of aryl methyl sites for hydroxylation is 2. The zero-order valence-electron chi connectivity index (χ0n) is 11.7. The second kappa shape index (κ2) is 6.13. The van der Waals surface area contributed by atoms with Gasteiger partial charge in [0.1, 0.15) is 12.4 Å². The second-order valence-electron chi connectivity index (χ2n) is 4.46. The molecule has 0 unspecified atom stereocenters. The van der Waals surface area contributed by atoms with E-state index in [1.807, 2.05) is 6.92 Å². The van der Waals surface area contributed by atoms with Gasteiger partial charge in [0.25, 0.3) is 0 Å². The molecule has 5 nitrogen and oxygen atoms in total. The summed E-state index contributed by atoms with van der Waals surface area (Å²) in [5, 5.41) is 4.33. The Kier molecular flexibility index (Phi) is 4.47. The number of hydrogen-bond donors (Lipinski definition) is 1. The molecule has 0 saturated carbocycles. The van der Waals surface area contributed by atoms with Crippen LogP contribution in [-0.2, 0) is 24.8 Å². The summed E-state index contributed by atoms with van der Waals surface area (Å²) < 4.78 is 20.1. The van der Waals surface area contributed by atoms with E-state index in [4.69, 9.17) is 22.1 Å². The maximum absolute atomic E-state index is 13.6. The summed E-state index contributed by atoms with van der Waals surface area (Å²) in [4.78, 5) is 12.1. The average molecular weight is 312 g/mol. The molecule has 0 aliphatic carbocycles. The summed E-state index contributed by atoms with van der Waals surface area (Å²) >= 11 is 5.87. The molecular weight excluding hydrogens is 297 g/mol. The minimum Gasteiger partial charge on any atom is -0.456 e. The first-order valence-electron chi connectivity index (χ1n) is 6.37. The molecule has 1 aromatic carbocycles. The lowest BCUT2D eigenvalue weighted by Crippen LogP contribution is -2.13. The molecule has 1 aromatic heterocycles. The van der Waals surface area contributed by atoms with Crippen LogP contribution in [0.5, 0.6) is 0 Å². The summed E-state index contributed by atoms with van der Waals surface area (Å²) in [7, 11) is 1.60. The van der Waals surface area contributed by atoms with Gasteiger partial charge in [0.05, 0.1) is 16.4 Å². The summed E-state index contributed by atoms with van der Waals surface area (Å²) in [6.45, 7) is 1.61. The first-order chi connectivity index (χ1) is 9.95. The second-order valence-corrected chi connectivity index (χ2v) is 4.87. The van der Waals surface area contributed by atoms with Gasteiger partial charge in [-0.3, -0.25) is 4.68 Å². The zero-order valence-corrected chi connectivity index (χ0v) is 12.4. The SMILES string of the molecule is CCc1nn(C)c(C(=O)OCc2c(F)cccc2Cl)c1N. The van der Waals surface area contributed by atoms with Crippen LogP contribution in [0.2, 0.25) is 5.02 Å². The zero-order chi connectivity index (χ0) is 15.6. The van der Waals surface area contributed by atoms with Crippen LogP contribution in [0.1, 0.15) is 28.7 Å². The molecule has 0 fully saturated rings. The highest BCUT2D eigenvalue weighted by atomic mass is 35.5. The number of nitrogens with two attached hydrogens (primary N) is 1. The molecule has 2 rings (SSSR count). The molecule has 7 heteroatoms. The van der Waals surface area contributed by atoms with Crippen molar-refractivity contribution in [1.82, 2.24) is 9.78 Å². The predicted octanol–water partition coefficient (Wildman–Crippen LogP) is 2.71. The van der Waals surface area contributed by atoms with Crippen LogP contribution < -0.4 is 5.73 Å². The first kappa shape index (κ1) is 15.3. The van der Waals surface area contributed by atoms with Gasteiger partial charge in [-0.05, 0) is 18.6 Å². The van der Waals surface area contributed by atoms with Crippen LogP contribution in [0, 0.1) is 5.82 Å². The number of ether oxygens (including phenoxy) is 1. The van der Waals surface area contributed by atoms with Gasteiger partial charge in [0, 0.05) is 12.6 Å². The first-order valence-corrected chi connectivity index (χ1v) is 6.74. The van der Waals surface area contributed by atoms with Gasteiger partial charge in [0.15, 0.2) is 5.69 Å². The molecular formula is C14H15ClFN3O2. The molecule has 2 N–H and O–H groups in total. The van der Waals surface area contributed by atoms with Crippen LogP contribution >= 0.6 is 11.6 Å². The van der Waals surface area contributed by atoms with Crippen molar-refractivity contribution in [3.8, 4) is 0 Å². The van der Waals surface area contributed by atoms with E-state index in [-0.39, 0.29) is 28.6 Å².